The monoisotopic (exact) mass is 440 g/mol. The Bertz CT molecular complexity index is 1160. The molecule has 1 heterocycles. The van der Waals surface area contributed by atoms with Crippen LogP contribution in [0.1, 0.15) is 21.5 Å². The van der Waals surface area contributed by atoms with Gasteiger partial charge in [-0.1, -0.05) is 41.9 Å². The van der Waals surface area contributed by atoms with E-state index in [1.165, 1.54) is 16.4 Å². The molecule has 0 spiro atoms. The van der Waals surface area contributed by atoms with Gasteiger partial charge in [0, 0.05) is 23.7 Å². The number of sulfonamides is 1. The van der Waals surface area contributed by atoms with Crippen LogP contribution in [0.15, 0.2) is 77.7 Å². The van der Waals surface area contributed by atoms with Gasteiger partial charge in [0.25, 0.3) is 15.9 Å². The number of nitrogens with zero attached hydrogens (tertiary/aromatic N) is 1. The molecule has 1 N–H and O–H groups in total. The lowest BCUT2D eigenvalue weighted by Crippen LogP contribution is -2.29. The van der Waals surface area contributed by atoms with Gasteiger partial charge in [0.05, 0.1) is 10.6 Å². The number of fused-ring (bicyclic) bond motifs is 1. The fraction of sp³-hybridized carbons (Fsp3) is 0.174. The molecule has 5 nitrogen and oxygen atoms in total. The van der Waals surface area contributed by atoms with E-state index in [1.54, 1.807) is 30.3 Å². The van der Waals surface area contributed by atoms with Gasteiger partial charge in [-0.25, -0.2) is 8.42 Å². The van der Waals surface area contributed by atoms with Crippen molar-refractivity contribution < 1.29 is 13.2 Å². The van der Waals surface area contributed by atoms with Crippen molar-refractivity contribution in [2.24, 2.45) is 0 Å². The highest BCUT2D eigenvalue weighted by Gasteiger charge is 2.31. The van der Waals surface area contributed by atoms with E-state index in [4.69, 9.17) is 11.6 Å². The van der Waals surface area contributed by atoms with Crippen molar-refractivity contribution in [3.8, 4) is 0 Å². The van der Waals surface area contributed by atoms with Crippen LogP contribution < -0.4 is 9.62 Å². The predicted molar refractivity (Wildman–Crippen MR) is 119 cm³/mol. The molecule has 0 bridgehead atoms. The first-order valence-electron chi connectivity index (χ1n) is 9.68. The molecule has 1 aliphatic heterocycles. The van der Waals surface area contributed by atoms with Gasteiger partial charge in [0.2, 0.25) is 0 Å². The Morgan fingerprint density at radius 2 is 1.73 bits per heavy atom. The van der Waals surface area contributed by atoms with Crippen molar-refractivity contribution in [3.05, 3.63) is 94.5 Å². The second-order valence-corrected chi connectivity index (χ2v) is 9.41. The minimum absolute atomic E-state index is 0.160. The molecule has 1 aliphatic rings. The minimum atomic E-state index is -3.67. The van der Waals surface area contributed by atoms with Crippen LogP contribution in [0.2, 0.25) is 5.02 Å². The molecule has 154 valence electrons. The normalized spacial score (nSPS) is 13.2. The first-order chi connectivity index (χ1) is 14.4. The summed E-state index contributed by atoms with van der Waals surface area (Å²) < 4.78 is 27.4. The summed E-state index contributed by atoms with van der Waals surface area (Å²) >= 11 is 5.87. The summed E-state index contributed by atoms with van der Waals surface area (Å²) in [6.07, 6.45) is 1.32. The van der Waals surface area contributed by atoms with E-state index in [0.29, 0.717) is 35.8 Å². The van der Waals surface area contributed by atoms with Crippen molar-refractivity contribution in [3.63, 3.8) is 0 Å². The molecule has 0 radical (unpaired) electrons. The van der Waals surface area contributed by atoms with Crippen LogP contribution in [0.25, 0.3) is 0 Å². The molecule has 0 aromatic heterocycles. The van der Waals surface area contributed by atoms with Crippen molar-refractivity contribution in [2.75, 3.05) is 17.4 Å². The van der Waals surface area contributed by atoms with Crippen LogP contribution in [0, 0.1) is 0 Å². The van der Waals surface area contributed by atoms with Gasteiger partial charge in [-0.05, 0) is 66.4 Å². The summed E-state index contributed by atoms with van der Waals surface area (Å²) in [5.74, 6) is -0.160. The maximum Gasteiger partial charge on any atom is 0.264 e. The van der Waals surface area contributed by atoms with Gasteiger partial charge in [-0.2, -0.15) is 0 Å². The first-order valence-corrected chi connectivity index (χ1v) is 11.5. The number of carbonyl (C=O) groups is 1. The molecule has 0 atom stereocenters. The lowest BCUT2D eigenvalue weighted by molar-refractivity contribution is 0.0954. The third-order valence-electron chi connectivity index (χ3n) is 5.14. The van der Waals surface area contributed by atoms with E-state index in [1.807, 2.05) is 30.3 Å². The highest BCUT2D eigenvalue weighted by atomic mass is 35.5. The largest absolute Gasteiger partial charge is 0.352 e. The van der Waals surface area contributed by atoms with Crippen LogP contribution in [-0.4, -0.2) is 27.4 Å². The van der Waals surface area contributed by atoms with Gasteiger partial charge in [0.1, 0.15) is 0 Å². The zero-order chi connectivity index (χ0) is 21.1. The Hall–Kier alpha value is -2.83. The lowest BCUT2D eigenvalue weighted by atomic mass is 10.1. The summed E-state index contributed by atoms with van der Waals surface area (Å²) in [6.45, 7) is 0.885. The highest BCUT2D eigenvalue weighted by Crippen LogP contribution is 2.33. The number of hydrogen-bond acceptors (Lipinski definition) is 3. The third kappa shape index (κ3) is 4.20. The van der Waals surface area contributed by atoms with Gasteiger partial charge in [-0.3, -0.25) is 9.10 Å². The summed E-state index contributed by atoms with van der Waals surface area (Å²) in [4.78, 5) is 12.7. The molecule has 1 amide bonds. The number of anilines is 1. The minimum Gasteiger partial charge on any atom is -0.352 e. The van der Waals surface area contributed by atoms with Crippen LogP contribution in [0.4, 0.5) is 5.69 Å². The molecule has 0 aliphatic carbocycles. The zero-order valence-corrected chi connectivity index (χ0v) is 17.8. The quantitative estimate of drug-likeness (QED) is 0.628. The molecule has 0 saturated carbocycles. The second-order valence-electron chi connectivity index (χ2n) is 7.12. The Kier molecular flexibility index (Phi) is 5.79. The van der Waals surface area contributed by atoms with Gasteiger partial charge in [0.15, 0.2) is 0 Å². The molecule has 3 aromatic carbocycles. The highest BCUT2D eigenvalue weighted by molar-refractivity contribution is 7.92. The molecule has 3 aromatic rings. The predicted octanol–water partition coefficient (Wildman–Crippen LogP) is 4.06. The van der Waals surface area contributed by atoms with E-state index in [9.17, 15) is 13.2 Å². The molecule has 4 rings (SSSR count). The number of amides is 1. The molecule has 0 unspecified atom stereocenters. The topological polar surface area (TPSA) is 66.5 Å². The number of hydrogen-bond donors (Lipinski definition) is 1. The Balaban J connectivity index is 1.46. The van der Waals surface area contributed by atoms with Crippen LogP contribution in [0.5, 0.6) is 0 Å². The molecule has 30 heavy (non-hydrogen) atoms. The Morgan fingerprint density at radius 3 is 2.47 bits per heavy atom. The van der Waals surface area contributed by atoms with Crippen molar-refractivity contribution in [1.82, 2.24) is 5.32 Å². The van der Waals surface area contributed by atoms with E-state index in [2.05, 4.69) is 5.32 Å². The average Bonchev–Trinajstić information content (AvgIpc) is 3.19. The standard InChI is InChI=1S/C23H21ClN2O3S/c24-20-7-9-21(10-8-20)30(28,29)26-15-13-18-16-19(6-11-22(18)26)23(27)25-14-12-17-4-2-1-3-5-17/h1-11,16H,12-15H2,(H,25,27). The number of rotatable bonds is 6. The first kappa shape index (κ1) is 20.4. The number of halogens is 1. The van der Waals surface area contributed by atoms with Crippen LogP contribution >= 0.6 is 11.6 Å². The zero-order valence-electron chi connectivity index (χ0n) is 16.2. The van der Waals surface area contributed by atoms with Gasteiger partial charge < -0.3 is 5.32 Å². The molecule has 7 heteroatoms. The molecular weight excluding hydrogens is 420 g/mol. The van der Waals surface area contributed by atoms with Gasteiger partial charge >= 0.3 is 0 Å². The maximum atomic E-state index is 13.0. The van der Waals surface area contributed by atoms with E-state index >= 15 is 0 Å². The summed E-state index contributed by atoms with van der Waals surface area (Å²) in [6, 6.07) is 21.3. The van der Waals surface area contributed by atoms with Crippen molar-refractivity contribution in [1.29, 1.82) is 0 Å². The second kappa shape index (κ2) is 8.50. The maximum absolute atomic E-state index is 13.0. The van der Waals surface area contributed by atoms with Crippen LogP contribution in [0.3, 0.4) is 0 Å². The molecular formula is C23H21ClN2O3S. The molecule has 0 saturated heterocycles. The fourth-order valence-corrected chi connectivity index (χ4v) is 5.19. The summed E-state index contributed by atoms with van der Waals surface area (Å²) in [5.41, 5.74) is 3.16. The summed E-state index contributed by atoms with van der Waals surface area (Å²) in [7, 11) is -3.67. The number of nitrogens with one attached hydrogen (secondary N) is 1. The number of benzene rings is 3. The smallest absolute Gasteiger partial charge is 0.264 e. The summed E-state index contributed by atoms with van der Waals surface area (Å²) in [5, 5.41) is 3.41. The fourth-order valence-electron chi connectivity index (χ4n) is 3.56. The van der Waals surface area contributed by atoms with Crippen molar-refractivity contribution in [2.45, 2.75) is 17.7 Å². The Labute approximate surface area is 181 Å². The molecule has 0 fully saturated rings. The Morgan fingerprint density at radius 1 is 1.00 bits per heavy atom. The average molecular weight is 441 g/mol. The SMILES string of the molecule is O=C(NCCc1ccccc1)c1ccc2c(c1)CCN2S(=O)(=O)c1ccc(Cl)cc1. The van der Waals surface area contributed by atoms with E-state index in [-0.39, 0.29) is 10.8 Å². The van der Waals surface area contributed by atoms with E-state index in [0.717, 1.165) is 17.5 Å². The third-order valence-corrected chi connectivity index (χ3v) is 7.22. The lowest BCUT2D eigenvalue weighted by Gasteiger charge is -2.19. The van der Waals surface area contributed by atoms with Crippen LogP contribution in [-0.2, 0) is 22.9 Å². The van der Waals surface area contributed by atoms with E-state index < -0.39 is 10.0 Å². The number of carbonyl (C=O) groups excluding carboxylic acids is 1. The van der Waals surface area contributed by atoms with Gasteiger partial charge in [-0.15, -0.1) is 0 Å². The van der Waals surface area contributed by atoms with Crippen molar-refractivity contribution >= 4 is 33.2 Å².